The highest BCUT2D eigenvalue weighted by atomic mass is 35.5. The Labute approximate surface area is 82.1 Å². The first-order chi connectivity index (χ1) is 5.84. The zero-order valence-electron chi connectivity index (χ0n) is 8.65. The van der Waals surface area contributed by atoms with Gasteiger partial charge >= 0.3 is 0 Å². The molecule has 1 rings (SSSR count). The number of likely N-dealkylation sites (tertiary alicyclic amines) is 1. The fourth-order valence-electron chi connectivity index (χ4n) is 1.59. The molecule has 1 aliphatic rings. The van der Waals surface area contributed by atoms with E-state index >= 15 is 0 Å². The van der Waals surface area contributed by atoms with Crippen LogP contribution in [0.2, 0.25) is 0 Å². The maximum Gasteiger partial charge on any atom is 0.0235 e. The van der Waals surface area contributed by atoms with Gasteiger partial charge in [-0.3, -0.25) is 0 Å². The second-order valence-electron chi connectivity index (χ2n) is 3.07. The third kappa shape index (κ3) is 4.32. The van der Waals surface area contributed by atoms with Gasteiger partial charge in [-0.15, -0.1) is 11.6 Å². The molecule has 0 N–H and O–H groups in total. The van der Waals surface area contributed by atoms with Crippen molar-refractivity contribution in [2.45, 2.75) is 46.1 Å². The number of halogens is 1. The van der Waals surface area contributed by atoms with Gasteiger partial charge in [0.2, 0.25) is 0 Å². The molecule has 12 heavy (non-hydrogen) atoms. The topological polar surface area (TPSA) is 3.24 Å². The Bertz CT molecular complexity index is 95.8. The summed E-state index contributed by atoms with van der Waals surface area (Å²) in [5.74, 6) is 0.809. The summed E-state index contributed by atoms with van der Waals surface area (Å²) < 4.78 is 0. The average molecular weight is 192 g/mol. The van der Waals surface area contributed by atoms with Crippen LogP contribution in [0.1, 0.15) is 40.0 Å². The van der Waals surface area contributed by atoms with E-state index in [-0.39, 0.29) is 0 Å². The van der Waals surface area contributed by atoms with E-state index < -0.39 is 0 Å². The van der Waals surface area contributed by atoms with Gasteiger partial charge in [0, 0.05) is 11.9 Å². The van der Waals surface area contributed by atoms with Crippen molar-refractivity contribution in [2.24, 2.45) is 0 Å². The fraction of sp³-hybridized carbons (Fsp3) is 1.00. The zero-order chi connectivity index (χ0) is 9.40. The van der Waals surface area contributed by atoms with Crippen molar-refractivity contribution in [2.75, 3.05) is 19.0 Å². The summed E-state index contributed by atoms with van der Waals surface area (Å²) in [6.07, 6.45) is 3.90. The molecular formula is C10H22ClN. The van der Waals surface area contributed by atoms with Crippen LogP contribution in [0.4, 0.5) is 0 Å². The second-order valence-corrected chi connectivity index (χ2v) is 3.45. The second kappa shape index (κ2) is 7.88. The molecule has 0 aliphatic carbocycles. The van der Waals surface area contributed by atoms with Crippen LogP contribution >= 0.6 is 11.6 Å². The third-order valence-electron chi connectivity index (χ3n) is 2.27. The molecule has 74 valence electrons. The number of hydrogen-bond acceptors (Lipinski definition) is 1. The smallest absolute Gasteiger partial charge is 0.0235 e. The van der Waals surface area contributed by atoms with Crippen LogP contribution in [0.15, 0.2) is 0 Å². The third-order valence-corrected chi connectivity index (χ3v) is 2.54. The summed E-state index contributed by atoms with van der Waals surface area (Å²) in [5.41, 5.74) is 0. The van der Waals surface area contributed by atoms with Crippen LogP contribution in [-0.4, -0.2) is 29.9 Å². The van der Waals surface area contributed by atoms with E-state index in [0.29, 0.717) is 0 Å². The number of nitrogens with zero attached hydrogens (tertiary/aromatic N) is 1. The number of rotatable bonds is 3. The van der Waals surface area contributed by atoms with E-state index in [1.54, 1.807) is 0 Å². The van der Waals surface area contributed by atoms with Crippen molar-refractivity contribution in [3.05, 3.63) is 0 Å². The van der Waals surface area contributed by atoms with Gasteiger partial charge in [-0.05, 0) is 39.3 Å². The molecule has 2 heteroatoms. The monoisotopic (exact) mass is 191 g/mol. The molecule has 1 heterocycles. The molecule has 1 nitrogen and oxygen atoms in total. The molecule has 0 bridgehead atoms. The maximum absolute atomic E-state index is 5.60. The summed E-state index contributed by atoms with van der Waals surface area (Å²) in [4.78, 5) is 2.53. The van der Waals surface area contributed by atoms with Crippen LogP contribution in [-0.2, 0) is 0 Å². The summed E-state index contributed by atoms with van der Waals surface area (Å²) in [7, 11) is 0. The van der Waals surface area contributed by atoms with Crippen LogP contribution in [0.3, 0.4) is 0 Å². The molecule has 1 atom stereocenters. The van der Waals surface area contributed by atoms with E-state index in [2.05, 4.69) is 11.8 Å². The van der Waals surface area contributed by atoms with Crippen molar-refractivity contribution >= 4 is 11.6 Å². The molecule has 0 aromatic carbocycles. The van der Waals surface area contributed by atoms with Crippen LogP contribution < -0.4 is 0 Å². The summed E-state index contributed by atoms with van der Waals surface area (Å²) in [6, 6.07) is 0.809. The zero-order valence-corrected chi connectivity index (χ0v) is 9.40. The largest absolute Gasteiger partial charge is 0.301 e. The van der Waals surface area contributed by atoms with Crippen LogP contribution in [0, 0.1) is 0 Å². The van der Waals surface area contributed by atoms with Crippen molar-refractivity contribution in [3.8, 4) is 0 Å². The Morgan fingerprint density at radius 1 is 1.42 bits per heavy atom. The van der Waals surface area contributed by atoms with Gasteiger partial charge in [0.1, 0.15) is 0 Å². The summed E-state index contributed by atoms with van der Waals surface area (Å²) in [6.45, 7) is 8.80. The molecule has 0 radical (unpaired) electrons. The molecule has 0 aromatic rings. The molecule has 1 fully saturated rings. The van der Waals surface area contributed by atoms with Crippen LogP contribution in [0.5, 0.6) is 0 Å². The van der Waals surface area contributed by atoms with Gasteiger partial charge in [-0.25, -0.2) is 0 Å². The van der Waals surface area contributed by atoms with E-state index in [1.165, 1.54) is 25.9 Å². The molecule has 0 saturated carbocycles. The van der Waals surface area contributed by atoms with Crippen molar-refractivity contribution < 1.29 is 0 Å². The first-order valence-corrected chi connectivity index (χ1v) is 5.68. The molecular weight excluding hydrogens is 170 g/mol. The highest BCUT2D eigenvalue weighted by Gasteiger charge is 2.18. The quantitative estimate of drug-likeness (QED) is 0.620. The predicted molar refractivity (Wildman–Crippen MR) is 57.0 cm³/mol. The number of hydrogen-bond donors (Lipinski definition) is 0. The highest BCUT2D eigenvalue weighted by molar-refractivity contribution is 6.17. The van der Waals surface area contributed by atoms with Gasteiger partial charge in [0.15, 0.2) is 0 Å². The fourth-order valence-corrected chi connectivity index (χ4v) is 1.71. The Hall–Kier alpha value is 0.250. The summed E-state index contributed by atoms with van der Waals surface area (Å²) >= 11 is 5.60. The van der Waals surface area contributed by atoms with E-state index in [0.717, 1.165) is 18.3 Å². The van der Waals surface area contributed by atoms with Crippen LogP contribution in [0.25, 0.3) is 0 Å². The lowest BCUT2D eigenvalue weighted by Gasteiger charge is -2.19. The lowest BCUT2D eigenvalue weighted by Crippen LogP contribution is -2.27. The molecule has 1 aliphatic heterocycles. The Kier molecular flexibility index (Phi) is 8.04. The maximum atomic E-state index is 5.60. The highest BCUT2D eigenvalue weighted by Crippen LogP contribution is 2.15. The van der Waals surface area contributed by atoms with Gasteiger partial charge < -0.3 is 4.90 Å². The van der Waals surface area contributed by atoms with Gasteiger partial charge in [-0.1, -0.05) is 13.8 Å². The Morgan fingerprint density at radius 2 is 2.08 bits per heavy atom. The predicted octanol–water partition coefficient (Wildman–Crippen LogP) is 3.13. The average Bonchev–Trinajstić information content (AvgIpc) is 2.51. The molecule has 0 amide bonds. The SMILES string of the molecule is CC.CC1CCCN1CCCCl. The van der Waals surface area contributed by atoms with E-state index in [1.807, 2.05) is 13.8 Å². The normalized spacial score (nSPS) is 23.5. The standard InChI is InChI=1S/C8H16ClN.C2H6/c1-8-4-2-6-10(8)7-3-5-9;1-2/h8H,2-7H2,1H3;1-2H3. The molecule has 1 saturated heterocycles. The van der Waals surface area contributed by atoms with Gasteiger partial charge in [0.25, 0.3) is 0 Å². The lowest BCUT2D eigenvalue weighted by atomic mass is 10.2. The van der Waals surface area contributed by atoms with Crippen molar-refractivity contribution in [1.82, 2.24) is 4.90 Å². The summed E-state index contributed by atoms with van der Waals surface area (Å²) in [5, 5.41) is 0. The van der Waals surface area contributed by atoms with Crippen molar-refractivity contribution in [3.63, 3.8) is 0 Å². The first-order valence-electron chi connectivity index (χ1n) is 5.14. The molecule has 1 unspecified atom stereocenters. The minimum Gasteiger partial charge on any atom is -0.301 e. The first kappa shape index (κ1) is 12.2. The number of alkyl halides is 1. The Morgan fingerprint density at radius 3 is 2.50 bits per heavy atom. The van der Waals surface area contributed by atoms with Crippen molar-refractivity contribution in [1.29, 1.82) is 0 Å². The van der Waals surface area contributed by atoms with E-state index in [4.69, 9.17) is 11.6 Å². The Balaban J connectivity index is 0.000000561. The molecule has 0 spiro atoms. The van der Waals surface area contributed by atoms with Gasteiger partial charge in [-0.2, -0.15) is 0 Å². The lowest BCUT2D eigenvalue weighted by molar-refractivity contribution is 0.270. The van der Waals surface area contributed by atoms with E-state index in [9.17, 15) is 0 Å². The minimum absolute atomic E-state index is 0.809. The van der Waals surface area contributed by atoms with Gasteiger partial charge in [0.05, 0.1) is 0 Å². The molecule has 0 aromatic heterocycles. The minimum atomic E-state index is 0.809.